The van der Waals surface area contributed by atoms with Crippen LogP contribution in [-0.2, 0) is 0 Å². The van der Waals surface area contributed by atoms with Gasteiger partial charge >= 0.3 is 0 Å². The molecule has 0 amide bonds. The summed E-state index contributed by atoms with van der Waals surface area (Å²) in [6.07, 6.45) is 0. The fourth-order valence-corrected chi connectivity index (χ4v) is 4.28. The molecule has 0 aliphatic rings. The second kappa shape index (κ2) is 7.59. The number of hydrogen-bond donors (Lipinski definition) is 1. The Labute approximate surface area is 167 Å². The molecule has 134 valence electrons. The number of fused-ring (bicyclic) bond motifs is 1. The van der Waals surface area contributed by atoms with Crippen LogP contribution in [-0.4, -0.2) is 9.97 Å². The van der Waals surface area contributed by atoms with Gasteiger partial charge in [-0.2, -0.15) is 0 Å². The molecule has 4 aromatic rings. The summed E-state index contributed by atoms with van der Waals surface area (Å²) >= 11 is 7.78. The maximum atomic E-state index is 6.23. The molecule has 0 saturated heterocycles. The number of halogens is 1. The highest BCUT2D eigenvalue weighted by Crippen LogP contribution is 2.40. The molecule has 0 fully saturated rings. The van der Waals surface area contributed by atoms with E-state index in [0.717, 1.165) is 0 Å². The maximum absolute atomic E-state index is 6.23. The summed E-state index contributed by atoms with van der Waals surface area (Å²) in [6.45, 7) is 1.82. The van der Waals surface area contributed by atoms with Crippen LogP contribution in [0.4, 0.5) is 5.82 Å². The van der Waals surface area contributed by atoms with E-state index in [4.69, 9.17) is 17.3 Å². The normalized spacial score (nSPS) is 12.2. The van der Waals surface area contributed by atoms with Crippen LogP contribution in [0.5, 0.6) is 0 Å². The molecule has 0 aliphatic heterocycles. The third-order valence-corrected chi connectivity index (χ3v) is 6.05. The van der Waals surface area contributed by atoms with Gasteiger partial charge in [-0.1, -0.05) is 90.1 Å². The van der Waals surface area contributed by atoms with Crippen molar-refractivity contribution in [3.05, 3.63) is 94.6 Å². The van der Waals surface area contributed by atoms with Crippen molar-refractivity contribution in [2.45, 2.75) is 17.3 Å². The molecule has 0 spiro atoms. The van der Waals surface area contributed by atoms with Gasteiger partial charge in [0.05, 0.1) is 5.25 Å². The Balaban J connectivity index is 1.79. The lowest BCUT2D eigenvalue weighted by Gasteiger charge is -2.18. The first-order valence-electron chi connectivity index (χ1n) is 8.62. The van der Waals surface area contributed by atoms with Gasteiger partial charge in [-0.25, -0.2) is 9.97 Å². The number of anilines is 1. The predicted molar refractivity (Wildman–Crippen MR) is 114 cm³/mol. The summed E-state index contributed by atoms with van der Waals surface area (Å²) in [4.78, 5) is 8.86. The van der Waals surface area contributed by atoms with Crippen molar-refractivity contribution in [3.63, 3.8) is 0 Å². The van der Waals surface area contributed by atoms with Crippen LogP contribution in [0.1, 0.15) is 21.9 Å². The van der Waals surface area contributed by atoms with Gasteiger partial charge in [-0.15, -0.1) is 0 Å². The number of aromatic nitrogens is 2. The number of benzene rings is 3. The SMILES string of the molecule is Cc1c(N)nc(SC(c2ccccc2)c2ccc3ccccc3c2)nc1Cl. The molecule has 1 atom stereocenters. The van der Waals surface area contributed by atoms with Crippen molar-refractivity contribution >= 4 is 40.0 Å². The van der Waals surface area contributed by atoms with E-state index in [1.54, 1.807) is 11.8 Å². The summed E-state index contributed by atoms with van der Waals surface area (Å²) in [5.41, 5.74) is 9.07. The molecule has 27 heavy (non-hydrogen) atoms. The van der Waals surface area contributed by atoms with Crippen LogP contribution in [0, 0.1) is 6.92 Å². The third-order valence-electron chi connectivity index (χ3n) is 4.51. The summed E-state index contributed by atoms with van der Waals surface area (Å²) in [5.74, 6) is 0.419. The fraction of sp³-hybridized carbons (Fsp3) is 0.0909. The van der Waals surface area contributed by atoms with Crippen molar-refractivity contribution < 1.29 is 0 Å². The molecule has 4 rings (SSSR count). The first-order valence-corrected chi connectivity index (χ1v) is 9.87. The van der Waals surface area contributed by atoms with Crippen molar-refractivity contribution in [1.29, 1.82) is 0 Å². The van der Waals surface area contributed by atoms with Gasteiger partial charge in [0.1, 0.15) is 11.0 Å². The van der Waals surface area contributed by atoms with Gasteiger partial charge in [0.25, 0.3) is 0 Å². The summed E-state index contributed by atoms with van der Waals surface area (Å²) in [5, 5.41) is 3.44. The summed E-state index contributed by atoms with van der Waals surface area (Å²) in [7, 11) is 0. The number of thioether (sulfide) groups is 1. The smallest absolute Gasteiger partial charge is 0.191 e. The topological polar surface area (TPSA) is 51.8 Å². The Bertz CT molecular complexity index is 1080. The Hall–Kier alpha value is -2.56. The predicted octanol–water partition coefficient (Wildman–Crippen LogP) is 6.06. The third kappa shape index (κ3) is 3.77. The molecule has 5 heteroatoms. The fourth-order valence-electron chi connectivity index (χ4n) is 2.97. The molecule has 3 nitrogen and oxygen atoms in total. The molecular formula is C22H18ClN3S. The molecule has 0 bridgehead atoms. The monoisotopic (exact) mass is 391 g/mol. The van der Waals surface area contributed by atoms with Crippen LogP contribution in [0.2, 0.25) is 5.15 Å². The zero-order valence-electron chi connectivity index (χ0n) is 14.8. The van der Waals surface area contributed by atoms with Crippen LogP contribution < -0.4 is 5.73 Å². The van der Waals surface area contributed by atoms with E-state index in [2.05, 4.69) is 64.6 Å². The Kier molecular flexibility index (Phi) is 5.01. The molecule has 3 aromatic carbocycles. The molecule has 1 heterocycles. The lowest BCUT2D eigenvalue weighted by Crippen LogP contribution is -2.02. The lowest BCUT2D eigenvalue weighted by molar-refractivity contribution is 0.952. The Morgan fingerprint density at radius 2 is 1.56 bits per heavy atom. The average Bonchev–Trinajstić information content (AvgIpc) is 2.70. The van der Waals surface area contributed by atoms with Crippen molar-refractivity contribution in [3.8, 4) is 0 Å². The minimum Gasteiger partial charge on any atom is -0.383 e. The van der Waals surface area contributed by atoms with Gasteiger partial charge in [0.15, 0.2) is 5.16 Å². The Morgan fingerprint density at radius 1 is 0.852 bits per heavy atom. The maximum Gasteiger partial charge on any atom is 0.191 e. The van der Waals surface area contributed by atoms with E-state index < -0.39 is 0 Å². The second-order valence-electron chi connectivity index (χ2n) is 6.32. The summed E-state index contributed by atoms with van der Waals surface area (Å²) < 4.78 is 0. The van der Waals surface area contributed by atoms with Crippen molar-refractivity contribution in [1.82, 2.24) is 9.97 Å². The molecular weight excluding hydrogens is 374 g/mol. The number of nitrogens with two attached hydrogens (primary N) is 1. The first-order chi connectivity index (χ1) is 13.1. The van der Waals surface area contributed by atoms with Crippen LogP contribution in [0.3, 0.4) is 0 Å². The number of nitrogens with zero attached hydrogens (tertiary/aromatic N) is 2. The summed E-state index contributed by atoms with van der Waals surface area (Å²) in [6, 6.07) is 25.2. The first kappa shape index (κ1) is 17.8. The highest BCUT2D eigenvalue weighted by molar-refractivity contribution is 7.99. The molecule has 1 aromatic heterocycles. The highest BCUT2D eigenvalue weighted by atomic mass is 35.5. The van der Waals surface area contributed by atoms with Crippen LogP contribution >= 0.6 is 23.4 Å². The second-order valence-corrected chi connectivity index (χ2v) is 7.75. The zero-order chi connectivity index (χ0) is 18.8. The number of nitrogen functional groups attached to an aromatic ring is 1. The molecule has 0 radical (unpaired) electrons. The van der Waals surface area contributed by atoms with Gasteiger partial charge < -0.3 is 5.73 Å². The van der Waals surface area contributed by atoms with E-state index in [-0.39, 0.29) is 5.25 Å². The standard InChI is InChI=1S/C22H18ClN3S/c1-14-20(23)25-22(26-21(14)24)27-19(16-8-3-2-4-9-16)18-12-11-15-7-5-6-10-17(15)13-18/h2-13,19H,1H3,(H2,24,25,26). The van der Waals surface area contributed by atoms with E-state index in [1.165, 1.54) is 21.9 Å². The lowest BCUT2D eigenvalue weighted by atomic mass is 10.0. The molecule has 0 saturated carbocycles. The van der Waals surface area contributed by atoms with Gasteiger partial charge in [-0.3, -0.25) is 0 Å². The minimum absolute atomic E-state index is 0.0361. The van der Waals surface area contributed by atoms with Crippen LogP contribution in [0.15, 0.2) is 78.0 Å². The molecule has 2 N–H and O–H groups in total. The molecule has 0 aliphatic carbocycles. The number of hydrogen-bond acceptors (Lipinski definition) is 4. The minimum atomic E-state index is 0.0361. The Morgan fingerprint density at radius 3 is 2.30 bits per heavy atom. The van der Waals surface area contributed by atoms with E-state index in [9.17, 15) is 0 Å². The zero-order valence-corrected chi connectivity index (χ0v) is 16.3. The quantitative estimate of drug-likeness (QED) is 0.261. The van der Waals surface area contributed by atoms with Crippen LogP contribution in [0.25, 0.3) is 10.8 Å². The van der Waals surface area contributed by atoms with E-state index in [0.29, 0.717) is 21.7 Å². The van der Waals surface area contributed by atoms with Gasteiger partial charge in [-0.05, 0) is 34.9 Å². The van der Waals surface area contributed by atoms with Gasteiger partial charge in [0.2, 0.25) is 0 Å². The van der Waals surface area contributed by atoms with Crippen molar-refractivity contribution in [2.24, 2.45) is 0 Å². The molecule has 1 unspecified atom stereocenters. The average molecular weight is 392 g/mol. The highest BCUT2D eigenvalue weighted by Gasteiger charge is 2.19. The number of rotatable bonds is 4. The largest absolute Gasteiger partial charge is 0.383 e. The van der Waals surface area contributed by atoms with Gasteiger partial charge in [0, 0.05) is 5.56 Å². The van der Waals surface area contributed by atoms with E-state index >= 15 is 0 Å². The van der Waals surface area contributed by atoms with Crippen molar-refractivity contribution in [2.75, 3.05) is 5.73 Å². The van der Waals surface area contributed by atoms with E-state index in [1.807, 2.05) is 25.1 Å².